The average Bonchev–Trinajstić information content (AvgIpc) is 2.81. The zero-order chi connectivity index (χ0) is 13.7. The molecule has 1 aromatic carbocycles. The van der Waals surface area contributed by atoms with Crippen LogP contribution in [0.2, 0.25) is 0 Å². The fourth-order valence-corrected chi connectivity index (χ4v) is 1.76. The van der Waals surface area contributed by atoms with E-state index in [1.165, 1.54) is 6.92 Å². The Morgan fingerprint density at radius 2 is 2.16 bits per heavy atom. The smallest absolute Gasteiger partial charge is 0.321 e. The summed E-state index contributed by atoms with van der Waals surface area (Å²) in [5.41, 5.74) is 1.72. The molecule has 5 nitrogen and oxygen atoms in total. The number of benzene rings is 1. The van der Waals surface area contributed by atoms with E-state index in [0.29, 0.717) is 19.6 Å². The Hall–Kier alpha value is -2.48. The molecule has 0 unspecified atom stereocenters. The van der Waals surface area contributed by atoms with Gasteiger partial charge in [0.25, 0.3) is 0 Å². The molecular weight excluding hydrogens is 242 g/mol. The largest absolute Gasteiger partial charge is 0.345 e. The minimum atomic E-state index is -0.0929. The van der Waals surface area contributed by atoms with Crippen molar-refractivity contribution in [2.24, 2.45) is 0 Å². The third-order valence-electron chi connectivity index (χ3n) is 2.69. The van der Waals surface area contributed by atoms with Crippen molar-refractivity contribution in [3.05, 3.63) is 29.8 Å². The van der Waals surface area contributed by atoms with Crippen LogP contribution in [0.3, 0.4) is 0 Å². The van der Waals surface area contributed by atoms with E-state index in [-0.39, 0.29) is 11.9 Å². The van der Waals surface area contributed by atoms with E-state index < -0.39 is 0 Å². The summed E-state index contributed by atoms with van der Waals surface area (Å²) in [6, 6.07) is 7.40. The van der Waals surface area contributed by atoms with Crippen LogP contribution < -0.4 is 15.5 Å². The van der Waals surface area contributed by atoms with Crippen LogP contribution in [0.15, 0.2) is 24.3 Å². The summed E-state index contributed by atoms with van der Waals surface area (Å²) in [7, 11) is 0. The zero-order valence-corrected chi connectivity index (χ0v) is 10.7. The van der Waals surface area contributed by atoms with Crippen molar-refractivity contribution in [3.8, 4) is 11.8 Å². The third kappa shape index (κ3) is 3.49. The first-order valence-electron chi connectivity index (χ1n) is 6.05. The van der Waals surface area contributed by atoms with Gasteiger partial charge in [-0.05, 0) is 24.3 Å². The molecule has 2 N–H and O–H groups in total. The molecule has 5 heteroatoms. The SMILES string of the molecule is CC(=O)NCC#Cc1ccc(N2CCNC2=O)cc1. The Balaban J connectivity index is 1.98. The number of urea groups is 1. The molecule has 1 heterocycles. The van der Waals surface area contributed by atoms with Crippen molar-refractivity contribution in [3.63, 3.8) is 0 Å². The van der Waals surface area contributed by atoms with Gasteiger partial charge < -0.3 is 10.6 Å². The van der Waals surface area contributed by atoms with Gasteiger partial charge in [-0.1, -0.05) is 11.8 Å². The fourth-order valence-electron chi connectivity index (χ4n) is 1.76. The number of hydrogen-bond donors (Lipinski definition) is 2. The van der Waals surface area contributed by atoms with E-state index in [1.54, 1.807) is 4.90 Å². The van der Waals surface area contributed by atoms with Gasteiger partial charge in [0.05, 0.1) is 6.54 Å². The zero-order valence-electron chi connectivity index (χ0n) is 10.7. The predicted molar refractivity (Wildman–Crippen MR) is 72.7 cm³/mol. The van der Waals surface area contributed by atoms with Gasteiger partial charge in [0.2, 0.25) is 5.91 Å². The highest BCUT2D eigenvalue weighted by atomic mass is 16.2. The fraction of sp³-hybridized carbons (Fsp3) is 0.286. The number of amides is 3. The van der Waals surface area contributed by atoms with Crippen molar-refractivity contribution in [1.82, 2.24) is 10.6 Å². The molecule has 98 valence electrons. The van der Waals surface area contributed by atoms with E-state index in [1.807, 2.05) is 24.3 Å². The van der Waals surface area contributed by atoms with Gasteiger partial charge in [-0.15, -0.1) is 0 Å². The Kier molecular flexibility index (Phi) is 4.04. The summed E-state index contributed by atoms with van der Waals surface area (Å²) < 4.78 is 0. The van der Waals surface area contributed by atoms with Crippen molar-refractivity contribution < 1.29 is 9.59 Å². The van der Waals surface area contributed by atoms with Crippen LogP contribution in [0.5, 0.6) is 0 Å². The quantitative estimate of drug-likeness (QED) is 0.766. The van der Waals surface area contributed by atoms with Gasteiger partial charge >= 0.3 is 6.03 Å². The summed E-state index contributed by atoms with van der Waals surface area (Å²) in [6.45, 7) is 3.16. The lowest BCUT2D eigenvalue weighted by Crippen LogP contribution is -2.27. The van der Waals surface area contributed by atoms with E-state index in [9.17, 15) is 9.59 Å². The molecule has 0 aromatic heterocycles. The molecule has 0 atom stereocenters. The second-order valence-electron chi connectivity index (χ2n) is 4.14. The first kappa shape index (κ1) is 13.0. The lowest BCUT2D eigenvalue weighted by molar-refractivity contribution is -0.118. The number of anilines is 1. The summed E-state index contributed by atoms with van der Waals surface area (Å²) >= 11 is 0. The molecule has 0 radical (unpaired) electrons. The lowest BCUT2D eigenvalue weighted by atomic mass is 10.2. The minimum Gasteiger partial charge on any atom is -0.345 e. The monoisotopic (exact) mass is 257 g/mol. The Bertz CT molecular complexity index is 540. The minimum absolute atomic E-state index is 0.0653. The van der Waals surface area contributed by atoms with Crippen LogP contribution >= 0.6 is 0 Å². The van der Waals surface area contributed by atoms with Crippen LogP contribution in [0.25, 0.3) is 0 Å². The van der Waals surface area contributed by atoms with E-state index >= 15 is 0 Å². The summed E-state index contributed by atoms with van der Waals surface area (Å²) in [4.78, 5) is 23.8. The maximum Gasteiger partial charge on any atom is 0.321 e. The van der Waals surface area contributed by atoms with Gasteiger partial charge in [-0.25, -0.2) is 4.79 Å². The van der Waals surface area contributed by atoms with Crippen molar-refractivity contribution >= 4 is 17.6 Å². The lowest BCUT2D eigenvalue weighted by Gasteiger charge is -2.13. The number of carbonyl (C=O) groups is 2. The average molecular weight is 257 g/mol. The first-order chi connectivity index (χ1) is 9.16. The first-order valence-corrected chi connectivity index (χ1v) is 6.05. The van der Waals surface area contributed by atoms with E-state index in [4.69, 9.17) is 0 Å². The van der Waals surface area contributed by atoms with Crippen molar-refractivity contribution in [2.75, 3.05) is 24.5 Å². The predicted octanol–water partition coefficient (Wildman–Crippen LogP) is 0.704. The van der Waals surface area contributed by atoms with Crippen LogP contribution in [0.1, 0.15) is 12.5 Å². The molecule has 1 aliphatic heterocycles. The van der Waals surface area contributed by atoms with Gasteiger partial charge in [-0.3, -0.25) is 9.69 Å². The Morgan fingerprint density at radius 1 is 1.42 bits per heavy atom. The molecule has 0 saturated carbocycles. The molecule has 0 spiro atoms. The number of nitrogens with zero attached hydrogens (tertiary/aromatic N) is 1. The number of carbonyl (C=O) groups excluding carboxylic acids is 2. The number of rotatable bonds is 2. The second-order valence-corrected chi connectivity index (χ2v) is 4.14. The summed E-state index contributed by atoms with van der Waals surface area (Å²) in [6.07, 6.45) is 0. The van der Waals surface area contributed by atoms with Crippen LogP contribution in [-0.4, -0.2) is 31.6 Å². The molecule has 1 aromatic rings. The third-order valence-corrected chi connectivity index (χ3v) is 2.69. The molecule has 19 heavy (non-hydrogen) atoms. The van der Waals surface area contributed by atoms with Gasteiger partial charge in [0, 0.05) is 31.3 Å². The topological polar surface area (TPSA) is 61.4 Å². The van der Waals surface area contributed by atoms with Crippen molar-refractivity contribution in [1.29, 1.82) is 0 Å². The van der Waals surface area contributed by atoms with Crippen LogP contribution in [0.4, 0.5) is 10.5 Å². The molecule has 3 amide bonds. The highest BCUT2D eigenvalue weighted by Crippen LogP contribution is 2.16. The van der Waals surface area contributed by atoms with Crippen molar-refractivity contribution in [2.45, 2.75) is 6.92 Å². The summed E-state index contributed by atoms with van der Waals surface area (Å²) in [5.74, 6) is 5.71. The van der Waals surface area contributed by atoms with Crippen LogP contribution in [-0.2, 0) is 4.79 Å². The highest BCUT2D eigenvalue weighted by molar-refractivity contribution is 5.94. The summed E-state index contributed by atoms with van der Waals surface area (Å²) in [5, 5.41) is 5.36. The van der Waals surface area contributed by atoms with Gasteiger partial charge in [0.15, 0.2) is 0 Å². The maximum atomic E-state index is 11.5. The highest BCUT2D eigenvalue weighted by Gasteiger charge is 2.20. The molecular formula is C14H15N3O2. The molecule has 0 aliphatic carbocycles. The molecule has 1 aliphatic rings. The standard InChI is InChI=1S/C14H15N3O2/c1-11(18)15-8-2-3-12-4-6-13(7-5-12)17-10-9-16-14(17)19/h4-7H,8-10H2,1H3,(H,15,18)(H,16,19). The normalized spacial score (nSPS) is 13.5. The molecule has 2 rings (SSSR count). The second kappa shape index (κ2) is 5.91. The van der Waals surface area contributed by atoms with E-state index in [2.05, 4.69) is 22.5 Å². The van der Waals surface area contributed by atoms with Gasteiger partial charge in [0.1, 0.15) is 0 Å². The molecule has 1 saturated heterocycles. The maximum absolute atomic E-state index is 11.5. The number of nitrogens with one attached hydrogen (secondary N) is 2. The molecule has 0 bridgehead atoms. The van der Waals surface area contributed by atoms with Crippen LogP contribution in [0, 0.1) is 11.8 Å². The molecule has 1 fully saturated rings. The Labute approximate surface area is 112 Å². The van der Waals surface area contributed by atoms with E-state index in [0.717, 1.165) is 11.3 Å². The Morgan fingerprint density at radius 3 is 2.74 bits per heavy atom. The number of hydrogen-bond acceptors (Lipinski definition) is 2. The van der Waals surface area contributed by atoms with Gasteiger partial charge in [-0.2, -0.15) is 0 Å².